The van der Waals surface area contributed by atoms with Crippen LogP contribution in [0.1, 0.15) is 64.2 Å². The van der Waals surface area contributed by atoms with E-state index in [0.717, 1.165) is 25.4 Å². The average Bonchev–Trinajstić information content (AvgIpc) is 2.52. The quantitative estimate of drug-likeness (QED) is 0.728. The first-order valence-electron chi connectivity index (χ1n) is 7.54. The summed E-state index contributed by atoms with van der Waals surface area (Å²) in [5.41, 5.74) is 0. The van der Waals surface area contributed by atoms with E-state index in [4.69, 9.17) is 9.47 Å². The van der Waals surface area contributed by atoms with Crippen molar-refractivity contribution in [3.8, 4) is 0 Å². The van der Waals surface area contributed by atoms with Crippen molar-refractivity contribution in [3.63, 3.8) is 0 Å². The van der Waals surface area contributed by atoms with Gasteiger partial charge in [0.25, 0.3) is 0 Å². The predicted molar refractivity (Wildman–Crippen MR) is 70.2 cm³/mol. The van der Waals surface area contributed by atoms with Crippen molar-refractivity contribution in [1.82, 2.24) is 0 Å². The van der Waals surface area contributed by atoms with Gasteiger partial charge in [-0.25, -0.2) is 0 Å². The van der Waals surface area contributed by atoms with E-state index in [0.29, 0.717) is 12.2 Å². The molecule has 2 aliphatic rings. The van der Waals surface area contributed by atoms with Crippen molar-refractivity contribution in [2.75, 3.05) is 13.7 Å². The SMILES string of the molecule is COC1CCOC(C2CCCCCCCC2)C1. The lowest BCUT2D eigenvalue weighted by Gasteiger charge is -2.34. The maximum atomic E-state index is 6.01. The van der Waals surface area contributed by atoms with Crippen LogP contribution in [0, 0.1) is 5.92 Å². The van der Waals surface area contributed by atoms with Crippen LogP contribution in [0.15, 0.2) is 0 Å². The third-order valence-corrected chi connectivity index (χ3v) is 4.53. The van der Waals surface area contributed by atoms with Crippen LogP contribution < -0.4 is 0 Å². The van der Waals surface area contributed by atoms with Gasteiger partial charge in [0.15, 0.2) is 0 Å². The molecule has 1 aliphatic heterocycles. The number of hydrogen-bond acceptors (Lipinski definition) is 2. The minimum Gasteiger partial charge on any atom is -0.381 e. The summed E-state index contributed by atoms with van der Waals surface area (Å²) in [6, 6.07) is 0. The Hall–Kier alpha value is -0.0800. The summed E-state index contributed by atoms with van der Waals surface area (Å²) >= 11 is 0. The molecule has 17 heavy (non-hydrogen) atoms. The highest BCUT2D eigenvalue weighted by molar-refractivity contribution is 4.79. The molecule has 0 spiro atoms. The fourth-order valence-corrected chi connectivity index (χ4v) is 3.37. The first kappa shape index (κ1) is 13.4. The Morgan fingerprint density at radius 1 is 0.882 bits per heavy atom. The molecule has 0 radical (unpaired) electrons. The Morgan fingerprint density at radius 2 is 1.53 bits per heavy atom. The Labute approximate surface area is 106 Å². The Bertz CT molecular complexity index is 195. The fraction of sp³-hybridized carbons (Fsp3) is 1.00. The van der Waals surface area contributed by atoms with E-state index in [2.05, 4.69) is 0 Å². The number of ether oxygens (including phenoxy) is 2. The zero-order chi connectivity index (χ0) is 11.9. The number of hydrogen-bond donors (Lipinski definition) is 0. The monoisotopic (exact) mass is 240 g/mol. The van der Waals surface area contributed by atoms with Crippen LogP contribution in [0.3, 0.4) is 0 Å². The van der Waals surface area contributed by atoms with Crippen LogP contribution in [0.25, 0.3) is 0 Å². The third-order valence-electron chi connectivity index (χ3n) is 4.53. The van der Waals surface area contributed by atoms with Crippen molar-refractivity contribution in [1.29, 1.82) is 0 Å². The summed E-state index contributed by atoms with van der Waals surface area (Å²) < 4.78 is 11.5. The molecule has 1 saturated carbocycles. The largest absolute Gasteiger partial charge is 0.381 e. The van der Waals surface area contributed by atoms with E-state index < -0.39 is 0 Å². The van der Waals surface area contributed by atoms with Crippen LogP contribution in [-0.2, 0) is 9.47 Å². The van der Waals surface area contributed by atoms with Crippen LogP contribution >= 0.6 is 0 Å². The zero-order valence-corrected chi connectivity index (χ0v) is 11.3. The summed E-state index contributed by atoms with van der Waals surface area (Å²) in [5.74, 6) is 0.797. The molecule has 2 rings (SSSR count). The molecule has 2 nitrogen and oxygen atoms in total. The average molecular weight is 240 g/mol. The highest BCUT2D eigenvalue weighted by atomic mass is 16.5. The van der Waals surface area contributed by atoms with Gasteiger partial charge in [-0.2, -0.15) is 0 Å². The van der Waals surface area contributed by atoms with E-state index in [1.165, 1.54) is 51.4 Å². The van der Waals surface area contributed by atoms with Crippen molar-refractivity contribution >= 4 is 0 Å². The Kier molecular flexibility index (Phi) is 5.79. The van der Waals surface area contributed by atoms with Gasteiger partial charge in [-0.05, 0) is 25.2 Å². The van der Waals surface area contributed by atoms with Gasteiger partial charge in [-0.3, -0.25) is 0 Å². The minimum atomic E-state index is 0.446. The molecule has 2 unspecified atom stereocenters. The lowest BCUT2D eigenvalue weighted by molar-refractivity contribution is -0.0840. The van der Waals surface area contributed by atoms with Crippen LogP contribution in [0.4, 0.5) is 0 Å². The molecule has 2 heteroatoms. The van der Waals surface area contributed by atoms with E-state index in [1.807, 2.05) is 7.11 Å². The normalized spacial score (nSPS) is 33.7. The van der Waals surface area contributed by atoms with Crippen molar-refractivity contribution in [2.45, 2.75) is 76.4 Å². The lowest BCUT2D eigenvalue weighted by atomic mass is 9.87. The van der Waals surface area contributed by atoms with E-state index in [1.54, 1.807) is 0 Å². The van der Waals surface area contributed by atoms with Gasteiger partial charge in [0, 0.05) is 20.1 Å². The first-order chi connectivity index (χ1) is 8.40. The van der Waals surface area contributed by atoms with E-state index >= 15 is 0 Å². The van der Waals surface area contributed by atoms with Crippen LogP contribution in [0.5, 0.6) is 0 Å². The smallest absolute Gasteiger partial charge is 0.0628 e. The Morgan fingerprint density at radius 3 is 2.18 bits per heavy atom. The first-order valence-corrected chi connectivity index (χ1v) is 7.54. The molecule has 1 saturated heterocycles. The van der Waals surface area contributed by atoms with E-state index in [9.17, 15) is 0 Å². The predicted octanol–water partition coefficient (Wildman–Crippen LogP) is 3.93. The van der Waals surface area contributed by atoms with Gasteiger partial charge < -0.3 is 9.47 Å². The second kappa shape index (κ2) is 7.38. The van der Waals surface area contributed by atoms with Crippen molar-refractivity contribution in [2.24, 2.45) is 5.92 Å². The highest BCUT2D eigenvalue weighted by Crippen LogP contribution is 2.31. The second-order valence-corrected chi connectivity index (χ2v) is 5.75. The van der Waals surface area contributed by atoms with Crippen molar-refractivity contribution < 1.29 is 9.47 Å². The van der Waals surface area contributed by atoms with Crippen molar-refractivity contribution in [3.05, 3.63) is 0 Å². The topological polar surface area (TPSA) is 18.5 Å². The van der Waals surface area contributed by atoms with Gasteiger partial charge in [-0.1, -0.05) is 38.5 Å². The molecule has 0 amide bonds. The van der Waals surface area contributed by atoms with Crippen LogP contribution in [-0.4, -0.2) is 25.9 Å². The van der Waals surface area contributed by atoms with Gasteiger partial charge in [0.1, 0.15) is 0 Å². The molecule has 1 aliphatic carbocycles. The fourth-order valence-electron chi connectivity index (χ4n) is 3.37. The van der Waals surface area contributed by atoms with Gasteiger partial charge >= 0.3 is 0 Å². The molecule has 2 fully saturated rings. The Balaban J connectivity index is 1.84. The lowest BCUT2D eigenvalue weighted by Crippen LogP contribution is -2.35. The molecular weight excluding hydrogens is 212 g/mol. The molecule has 0 N–H and O–H groups in total. The molecule has 2 atom stereocenters. The molecule has 1 heterocycles. The second-order valence-electron chi connectivity index (χ2n) is 5.75. The molecule has 0 aromatic heterocycles. The minimum absolute atomic E-state index is 0.446. The summed E-state index contributed by atoms with van der Waals surface area (Å²) in [4.78, 5) is 0. The van der Waals surface area contributed by atoms with Crippen LogP contribution in [0.2, 0.25) is 0 Å². The van der Waals surface area contributed by atoms with Gasteiger partial charge in [0.05, 0.1) is 12.2 Å². The number of rotatable bonds is 2. The summed E-state index contributed by atoms with van der Waals surface area (Å²) in [5, 5.41) is 0. The third kappa shape index (κ3) is 4.26. The number of methoxy groups -OCH3 is 1. The molecular formula is C15H28O2. The summed E-state index contributed by atoms with van der Waals surface area (Å²) in [7, 11) is 1.84. The maximum Gasteiger partial charge on any atom is 0.0628 e. The molecule has 0 aromatic carbocycles. The van der Waals surface area contributed by atoms with Gasteiger partial charge in [-0.15, -0.1) is 0 Å². The summed E-state index contributed by atoms with van der Waals surface area (Å²) in [6.07, 6.45) is 14.4. The maximum absolute atomic E-state index is 6.01. The standard InChI is InChI=1S/C15H28O2/c1-16-14-10-11-17-15(12-14)13-8-6-4-2-3-5-7-9-13/h13-15H,2-12H2,1H3. The molecule has 0 bridgehead atoms. The van der Waals surface area contributed by atoms with E-state index in [-0.39, 0.29) is 0 Å². The summed E-state index contributed by atoms with van der Waals surface area (Å²) in [6.45, 7) is 0.902. The van der Waals surface area contributed by atoms with Gasteiger partial charge in [0.2, 0.25) is 0 Å². The molecule has 0 aromatic rings. The zero-order valence-electron chi connectivity index (χ0n) is 11.3. The highest BCUT2D eigenvalue weighted by Gasteiger charge is 2.28. The molecule has 100 valence electrons.